The lowest BCUT2D eigenvalue weighted by atomic mass is 9.99. The Labute approximate surface area is 833 Å². The predicted molar refractivity (Wildman–Crippen MR) is 586 cm³/mol. The number of para-hydroxylation sites is 10. The van der Waals surface area contributed by atoms with Crippen molar-refractivity contribution in [3.05, 3.63) is 501 Å². The average Bonchev–Trinajstić information content (AvgIpc) is 1.44. The van der Waals surface area contributed by atoms with Crippen molar-refractivity contribution in [2.45, 2.75) is 47.6 Å². The van der Waals surface area contributed by atoms with E-state index in [1.54, 1.807) is 43.5 Å². The van der Waals surface area contributed by atoms with Gasteiger partial charge in [0.15, 0.2) is 0 Å². The molecule has 25 rings (SSSR count). The van der Waals surface area contributed by atoms with E-state index in [2.05, 4.69) is 284 Å². The first-order valence-corrected chi connectivity index (χ1v) is 46.8. The number of phenolic OH excluding ortho intramolecular Hbond substituents is 1. The van der Waals surface area contributed by atoms with Crippen molar-refractivity contribution in [3.8, 4) is 73.2 Å². The van der Waals surface area contributed by atoms with Crippen molar-refractivity contribution in [2.24, 2.45) is 0 Å². The van der Waals surface area contributed by atoms with E-state index in [4.69, 9.17) is 19.8 Å². The molecule has 700 valence electrons. The van der Waals surface area contributed by atoms with E-state index >= 15 is 0 Å². The molecule has 5 heterocycles. The molecule has 0 bridgehead atoms. The highest BCUT2D eigenvalue weighted by molar-refractivity contribution is 5.96. The first kappa shape index (κ1) is 94.1. The van der Waals surface area contributed by atoms with Crippen LogP contribution in [-0.2, 0) is 37.5 Å². The van der Waals surface area contributed by atoms with Gasteiger partial charge in [0.05, 0.1) is 124 Å². The number of aromatic carboxylic acids is 1. The van der Waals surface area contributed by atoms with Gasteiger partial charge in [-0.15, -0.1) is 0 Å². The molecule has 0 amide bonds. The van der Waals surface area contributed by atoms with E-state index in [1.807, 2.05) is 189 Å². The highest BCUT2D eigenvalue weighted by Crippen LogP contribution is 2.35. The third kappa shape index (κ3) is 21.1. The lowest BCUT2D eigenvalue weighted by molar-refractivity contribution is 0.0599. The van der Waals surface area contributed by atoms with Crippen LogP contribution in [0.25, 0.3) is 165 Å². The van der Waals surface area contributed by atoms with Crippen LogP contribution in [0.4, 0.5) is 0 Å². The molecule has 2 N–H and O–H groups in total. The minimum Gasteiger partial charge on any atom is -0.508 e. The summed E-state index contributed by atoms with van der Waals surface area (Å²) in [5, 5.41) is 39.6. The lowest BCUT2D eigenvalue weighted by Gasteiger charge is -2.09. The standard InChI is InChI=1S/C26H20N2O2.C25H17N3.C25H18N2O2.C25H20N2O.C24H18N2O.2CH4/c1-30-26(29)20-10-8-19(9-11-20)22-13-12-21-14-18(6-7-23(21)15-22)16-28-17-27-24-4-2-3-5-25(24)28;26-15-18-5-8-20(9-6-18)22-12-11-21-13-19(7-10-23(21)14-22)16-28-17-27-24-3-1-2-4-25(24)28;28-25(29)19-9-7-18(8-10-19)21-12-11-20-13-17(5-6-22(20)14-21)15-27-16-26-23-3-1-2-4-24(23)27;1-28-23-12-10-19(11-13-23)21-9-8-20-14-18(6-7-22(20)15-21)16-27-17-26-24-4-2-3-5-25(24)27;27-22-11-9-18(10-12-22)20-8-7-19-13-17(5-6-21(19)14-20)15-26-16-25-23-3-1-2-4-24(23)26;;/h2-15,17H,16H2,1H3;1-14,17H,16H2;1-14,16H,15H2,(H,28,29);2-15,17H,16H2,1H3;1-14,16,27H,15H2;2*1H4. The molecule has 20 aromatic carbocycles. The SMILES string of the molecule is C.C.COC(=O)c1ccc(-c2ccc3cc(Cn4cnc5ccccc54)ccc3c2)cc1.COc1ccc(-c2ccc3cc(Cn4cnc5ccccc54)ccc3c2)cc1.N#Cc1ccc(-c2ccc3cc(Cn4cnc5ccccc54)ccc3c2)cc1.O=C(O)c1ccc(-c2ccc3cc(Cn4cnc5ccccc54)ccc3c2)cc1.Oc1ccc(-c2ccc3cc(Cn4cnc5ccccc54)ccc3c2)cc1. The molecule has 0 saturated carbocycles. The van der Waals surface area contributed by atoms with Crippen LogP contribution < -0.4 is 4.74 Å². The molecule has 17 nitrogen and oxygen atoms in total. The second kappa shape index (κ2) is 42.6. The molecular formula is C127H101N11O6. The van der Waals surface area contributed by atoms with Gasteiger partial charge in [-0.1, -0.05) is 258 Å². The van der Waals surface area contributed by atoms with Crippen molar-refractivity contribution < 1.29 is 29.3 Å². The first-order chi connectivity index (χ1) is 69.7. The van der Waals surface area contributed by atoms with Gasteiger partial charge in [0, 0.05) is 32.7 Å². The van der Waals surface area contributed by atoms with E-state index in [0.717, 1.165) is 144 Å². The third-order valence-corrected chi connectivity index (χ3v) is 26.0. The summed E-state index contributed by atoms with van der Waals surface area (Å²) in [6, 6.07) is 146. The van der Waals surface area contributed by atoms with Crippen molar-refractivity contribution in [3.63, 3.8) is 0 Å². The average molecular weight is 1880 g/mol. The summed E-state index contributed by atoms with van der Waals surface area (Å²) in [5.74, 6) is -0.0658. The van der Waals surface area contributed by atoms with Crippen LogP contribution in [-0.4, -0.2) is 84.1 Å². The Bertz CT molecular complexity index is 9000. The molecule has 0 aliphatic carbocycles. The second-order valence-electron chi connectivity index (χ2n) is 35.2. The number of carbonyl (C=O) groups is 2. The largest absolute Gasteiger partial charge is 0.508 e. The molecule has 17 heteroatoms. The molecule has 0 fully saturated rings. The summed E-state index contributed by atoms with van der Waals surface area (Å²) in [6.45, 7) is 3.97. The number of carboxylic acids is 1. The van der Waals surface area contributed by atoms with E-state index in [9.17, 15) is 14.7 Å². The van der Waals surface area contributed by atoms with Crippen LogP contribution in [0.5, 0.6) is 11.5 Å². The number of hydrogen-bond donors (Lipinski definition) is 2. The van der Waals surface area contributed by atoms with Crippen molar-refractivity contribution in [1.82, 2.24) is 47.8 Å². The Morgan fingerprint density at radius 3 is 0.743 bits per heavy atom. The van der Waals surface area contributed by atoms with Gasteiger partial charge < -0.3 is 42.5 Å². The number of nitrogens with zero attached hydrogens (tertiary/aromatic N) is 11. The van der Waals surface area contributed by atoms with Gasteiger partial charge >= 0.3 is 11.9 Å². The Balaban J connectivity index is 0.000000114. The summed E-state index contributed by atoms with van der Waals surface area (Å²) in [7, 11) is 3.08. The number of nitriles is 1. The van der Waals surface area contributed by atoms with Crippen molar-refractivity contribution >= 4 is 121 Å². The molecule has 0 aliphatic heterocycles. The molecule has 0 saturated heterocycles. The number of carboxylic acid groups (broad SMARTS) is 1. The van der Waals surface area contributed by atoms with Crippen LogP contribution in [0.2, 0.25) is 0 Å². The molecule has 0 spiro atoms. The van der Waals surface area contributed by atoms with Crippen LogP contribution in [0.3, 0.4) is 0 Å². The number of carbonyl (C=O) groups excluding carboxylic acids is 1. The molecule has 144 heavy (non-hydrogen) atoms. The molecule has 0 radical (unpaired) electrons. The summed E-state index contributed by atoms with van der Waals surface area (Å²) < 4.78 is 20.9. The number of benzene rings is 20. The number of fused-ring (bicyclic) bond motifs is 10. The maximum atomic E-state index is 11.6. The Morgan fingerprint density at radius 1 is 0.271 bits per heavy atom. The molecule has 25 aromatic rings. The summed E-state index contributed by atoms with van der Waals surface area (Å²) in [6.07, 6.45) is 9.52. The number of imidazole rings is 5. The third-order valence-electron chi connectivity index (χ3n) is 26.0. The maximum absolute atomic E-state index is 11.6. The minimum absolute atomic E-state index is 0. The highest BCUT2D eigenvalue weighted by Gasteiger charge is 2.16. The number of phenols is 1. The van der Waals surface area contributed by atoms with Gasteiger partial charge in [-0.25, -0.2) is 34.5 Å². The molecule has 0 atom stereocenters. The van der Waals surface area contributed by atoms with Gasteiger partial charge in [0.1, 0.15) is 11.5 Å². The van der Waals surface area contributed by atoms with Gasteiger partial charge in [0.2, 0.25) is 0 Å². The van der Waals surface area contributed by atoms with Gasteiger partial charge in [-0.05, 0) is 319 Å². The quantitative estimate of drug-likeness (QED) is 0.0770. The molecular weight excluding hydrogens is 1780 g/mol. The first-order valence-electron chi connectivity index (χ1n) is 46.8. The number of methoxy groups -OCH3 is 2. The monoisotopic (exact) mass is 1880 g/mol. The van der Waals surface area contributed by atoms with Gasteiger partial charge in [0.25, 0.3) is 0 Å². The number of hydrogen-bond acceptors (Lipinski definition) is 11. The predicted octanol–water partition coefficient (Wildman–Crippen LogP) is 29.9. The lowest BCUT2D eigenvalue weighted by Crippen LogP contribution is -2.00. The minimum atomic E-state index is -0.909. The van der Waals surface area contributed by atoms with Crippen molar-refractivity contribution in [1.29, 1.82) is 5.26 Å². The number of ether oxygens (including phenoxy) is 2. The Hall–Kier alpha value is -18.9. The smallest absolute Gasteiger partial charge is 0.337 e. The zero-order valence-electron chi connectivity index (χ0n) is 77.8. The number of rotatable bonds is 18. The van der Waals surface area contributed by atoms with Crippen LogP contribution in [0, 0.1) is 11.3 Å². The summed E-state index contributed by atoms with van der Waals surface area (Å²) >= 11 is 0. The second-order valence-corrected chi connectivity index (χ2v) is 35.2. The number of esters is 1. The Kier molecular flexibility index (Phi) is 27.8. The highest BCUT2D eigenvalue weighted by atomic mass is 16.5. The summed E-state index contributed by atoms with van der Waals surface area (Å²) in [4.78, 5) is 45.0. The zero-order chi connectivity index (χ0) is 96.4. The molecule has 0 unspecified atom stereocenters. The van der Waals surface area contributed by atoms with E-state index in [1.165, 1.54) is 94.5 Å². The van der Waals surface area contributed by atoms with Crippen molar-refractivity contribution in [2.75, 3.05) is 14.2 Å². The normalized spacial score (nSPS) is 11.0. The zero-order valence-corrected chi connectivity index (χ0v) is 77.8. The van der Waals surface area contributed by atoms with E-state index in [0.29, 0.717) is 16.7 Å². The fraction of sp³-hybridized carbons (Fsp3) is 0.0709. The van der Waals surface area contributed by atoms with E-state index < -0.39 is 5.97 Å². The van der Waals surface area contributed by atoms with Gasteiger partial charge in [-0.2, -0.15) is 5.26 Å². The number of aromatic hydroxyl groups is 1. The van der Waals surface area contributed by atoms with Gasteiger partial charge in [-0.3, -0.25) is 0 Å². The fourth-order valence-corrected chi connectivity index (χ4v) is 18.4. The Morgan fingerprint density at radius 2 is 0.493 bits per heavy atom. The molecule has 5 aromatic heterocycles. The summed E-state index contributed by atoms with van der Waals surface area (Å²) in [5.41, 5.74) is 29.8. The maximum Gasteiger partial charge on any atom is 0.337 e. The van der Waals surface area contributed by atoms with Crippen LogP contribution >= 0.6 is 0 Å². The van der Waals surface area contributed by atoms with Crippen LogP contribution in [0.15, 0.2) is 456 Å². The van der Waals surface area contributed by atoms with Crippen LogP contribution in [0.1, 0.15) is 68.9 Å². The van der Waals surface area contributed by atoms with E-state index in [-0.39, 0.29) is 26.6 Å². The topological polar surface area (TPSA) is 206 Å². The number of aromatic nitrogens is 10. The molecule has 0 aliphatic rings. The fourth-order valence-electron chi connectivity index (χ4n) is 18.4.